The maximum absolute atomic E-state index is 6.14. The maximum atomic E-state index is 6.14. The van der Waals surface area contributed by atoms with Crippen molar-refractivity contribution in [2.75, 3.05) is 5.32 Å². The summed E-state index contributed by atoms with van der Waals surface area (Å²) >= 11 is 13.7. The van der Waals surface area contributed by atoms with Crippen molar-refractivity contribution in [1.29, 1.82) is 0 Å². The Hall–Kier alpha value is -2.14. The monoisotopic (exact) mass is 385 g/mol. The van der Waals surface area contributed by atoms with Gasteiger partial charge < -0.3 is 5.32 Å². The molecule has 0 fully saturated rings. The molecule has 3 nitrogen and oxygen atoms in total. The molecule has 0 radical (unpaired) electrons. The summed E-state index contributed by atoms with van der Waals surface area (Å²) < 4.78 is 0. The lowest BCUT2D eigenvalue weighted by atomic mass is 10.1. The SMILES string of the molecule is Cc1ccc(Cl)cc1Nc1ncnc2scc(-c3ccc(Cl)cc3)c12. The largest absolute Gasteiger partial charge is 0.339 e. The summed E-state index contributed by atoms with van der Waals surface area (Å²) in [6.45, 7) is 2.03. The molecule has 0 aliphatic rings. The first-order valence-corrected chi connectivity index (χ1v) is 9.27. The highest BCUT2D eigenvalue weighted by Gasteiger charge is 2.14. The van der Waals surface area contributed by atoms with Crippen LogP contribution in [0.1, 0.15) is 5.56 Å². The number of benzene rings is 2. The molecule has 124 valence electrons. The molecule has 0 aliphatic heterocycles. The van der Waals surface area contributed by atoms with Gasteiger partial charge >= 0.3 is 0 Å². The first-order chi connectivity index (χ1) is 12.1. The maximum Gasteiger partial charge on any atom is 0.143 e. The van der Waals surface area contributed by atoms with Crippen LogP contribution in [0.2, 0.25) is 10.0 Å². The Morgan fingerprint density at radius 2 is 1.72 bits per heavy atom. The highest BCUT2D eigenvalue weighted by molar-refractivity contribution is 7.17. The molecule has 2 aromatic carbocycles. The first-order valence-electron chi connectivity index (χ1n) is 7.63. The highest BCUT2D eigenvalue weighted by Crippen LogP contribution is 2.38. The van der Waals surface area contributed by atoms with E-state index >= 15 is 0 Å². The molecular weight excluding hydrogens is 373 g/mol. The summed E-state index contributed by atoms with van der Waals surface area (Å²) in [7, 11) is 0. The number of hydrogen-bond acceptors (Lipinski definition) is 4. The van der Waals surface area contributed by atoms with Gasteiger partial charge in [0, 0.05) is 26.7 Å². The number of halogens is 2. The Labute approximate surface area is 159 Å². The second-order valence-electron chi connectivity index (χ2n) is 5.64. The van der Waals surface area contributed by atoms with Crippen LogP contribution in [0.5, 0.6) is 0 Å². The molecule has 0 bridgehead atoms. The van der Waals surface area contributed by atoms with Gasteiger partial charge in [0.05, 0.1) is 5.39 Å². The van der Waals surface area contributed by atoms with Gasteiger partial charge in [-0.1, -0.05) is 41.4 Å². The molecule has 0 aliphatic carbocycles. The van der Waals surface area contributed by atoms with Crippen molar-refractivity contribution in [3.05, 3.63) is 69.8 Å². The molecule has 0 amide bonds. The van der Waals surface area contributed by atoms with Gasteiger partial charge in [-0.05, 0) is 42.3 Å². The predicted octanol–water partition coefficient (Wildman–Crippen LogP) is 6.72. The van der Waals surface area contributed by atoms with Crippen LogP contribution < -0.4 is 5.32 Å². The van der Waals surface area contributed by atoms with Gasteiger partial charge in [0.1, 0.15) is 17.0 Å². The number of anilines is 2. The molecule has 1 N–H and O–H groups in total. The molecule has 2 heterocycles. The van der Waals surface area contributed by atoms with E-state index in [1.165, 1.54) is 0 Å². The van der Waals surface area contributed by atoms with Crippen molar-refractivity contribution in [2.45, 2.75) is 6.92 Å². The summed E-state index contributed by atoms with van der Waals surface area (Å²) in [5.41, 5.74) is 4.19. The normalized spacial score (nSPS) is 11.0. The number of aryl methyl sites for hydroxylation is 1. The van der Waals surface area contributed by atoms with Crippen LogP contribution in [-0.2, 0) is 0 Å². The van der Waals surface area contributed by atoms with Gasteiger partial charge in [-0.2, -0.15) is 0 Å². The average Bonchev–Trinajstić information content (AvgIpc) is 3.04. The van der Waals surface area contributed by atoms with E-state index in [9.17, 15) is 0 Å². The van der Waals surface area contributed by atoms with Crippen molar-refractivity contribution in [1.82, 2.24) is 9.97 Å². The van der Waals surface area contributed by atoms with Crippen molar-refractivity contribution >= 4 is 56.3 Å². The standard InChI is InChI=1S/C19H13Cl2N3S/c1-11-2-5-14(21)8-16(11)24-18-17-15(9-25-19(17)23-10-22-18)12-3-6-13(20)7-4-12/h2-10H,1H3,(H,22,23,24). The Balaban J connectivity index is 1.85. The van der Waals surface area contributed by atoms with E-state index in [2.05, 4.69) is 20.7 Å². The van der Waals surface area contributed by atoms with E-state index in [1.807, 2.05) is 49.4 Å². The zero-order chi connectivity index (χ0) is 17.4. The summed E-state index contributed by atoms with van der Waals surface area (Å²) in [6, 6.07) is 13.5. The summed E-state index contributed by atoms with van der Waals surface area (Å²) in [5.74, 6) is 0.765. The van der Waals surface area contributed by atoms with E-state index in [4.69, 9.17) is 23.2 Å². The van der Waals surface area contributed by atoms with Crippen LogP contribution in [-0.4, -0.2) is 9.97 Å². The number of hydrogen-bond donors (Lipinski definition) is 1. The van der Waals surface area contributed by atoms with Crippen LogP contribution in [0, 0.1) is 6.92 Å². The third-order valence-electron chi connectivity index (χ3n) is 3.98. The zero-order valence-electron chi connectivity index (χ0n) is 13.3. The van der Waals surface area contributed by atoms with Crippen LogP contribution >= 0.6 is 34.5 Å². The smallest absolute Gasteiger partial charge is 0.143 e. The number of fused-ring (bicyclic) bond motifs is 1. The van der Waals surface area contributed by atoms with Crippen LogP contribution in [0.3, 0.4) is 0 Å². The Morgan fingerprint density at radius 3 is 2.52 bits per heavy atom. The van der Waals surface area contributed by atoms with Gasteiger partial charge in [-0.25, -0.2) is 9.97 Å². The fourth-order valence-electron chi connectivity index (χ4n) is 2.67. The lowest BCUT2D eigenvalue weighted by Crippen LogP contribution is -1.97. The third-order valence-corrected chi connectivity index (χ3v) is 5.35. The van der Waals surface area contributed by atoms with E-state index in [0.717, 1.165) is 38.4 Å². The van der Waals surface area contributed by atoms with Crippen molar-refractivity contribution < 1.29 is 0 Å². The fourth-order valence-corrected chi connectivity index (χ4v) is 3.88. The van der Waals surface area contributed by atoms with Crippen LogP contribution in [0.4, 0.5) is 11.5 Å². The van der Waals surface area contributed by atoms with Gasteiger partial charge in [0.15, 0.2) is 0 Å². The molecule has 4 aromatic rings. The van der Waals surface area contributed by atoms with Crippen LogP contribution in [0.15, 0.2) is 54.2 Å². The second kappa shape index (κ2) is 6.64. The van der Waals surface area contributed by atoms with E-state index in [-0.39, 0.29) is 0 Å². The number of rotatable bonds is 3. The minimum atomic E-state index is 0.682. The number of thiophene rings is 1. The average molecular weight is 386 g/mol. The van der Waals surface area contributed by atoms with Crippen molar-refractivity contribution in [3.63, 3.8) is 0 Å². The Bertz CT molecular complexity index is 1060. The molecule has 0 saturated heterocycles. The first kappa shape index (κ1) is 16.3. The van der Waals surface area contributed by atoms with Crippen LogP contribution in [0.25, 0.3) is 21.3 Å². The topological polar surface area (TPSA) is 37.8 Å². The van der Waals surface area contributed by atoms with Crippen molar-refractivity contribution in [3.8, 4) is 11.1 Å². The molecule has 0 atom stereocenters. The van der Waals surface area contributed by atoms with Gasteiger partial charge in [0.2, 0.25) is 0 Å². The second-order valence-corrected chi connectivity index (χ2v) is 7.37. The van der Waals surface area contributed by atoms with Crippen molar-refractivity contribution in [2.24, 2.45) is 0 Å². The predicted molar refractivity (Wildman–Crippen MR) is 107 cm³/mol. The zero-order valence-corrected chi connectivity index (χ0v) is 15.6. The molecular formula is C19H13Cl2N3S. The van der Waals surface area contributed by atoms with Gasteiger partial charge in [-0.15, -0.1) is 11.3 Å². The van der Waals surface area contributed by atoms with Gasteiger partial charge in [0.25, 0.3) is 0 Å². The molecule has 25 heavy (non-hydrogen) atoms. The Morgan fingerprint density at radius 1 is 0.960 bits per heavy atom. The third kappa shape index (κ3) is 3.21. The quantitative estimate of drug-likeness (QED) is 0.425. The summed E-state index contributed by atoms with van der Waals surface area (Å²) in [5, 5.41) is 7.90. The number of aromatic nitrogens is 2. The highest BCUT2D eigenvalue weighted by atomic mass is 35.5. The summed E-state index contributed by atoms with van der Waals surface area (Å²) in [6.07, 6.45) is 1.58. The summed E-state index contributed by atoms with van der Waals surface area (Å²) in [4.78, 5) is 9.80. The molecule has 0 unspecified atom stereocenters. The molecule has 0 saturated carbocycles. The van der Waals surface area contributed by atoms with Gasteiger partial charge in [-0.3, -0.25) is 0 Å². The lowest BCUT2D eigenvalue weighted by Gasteiger charge is -2.11. The number of nitrogens with zero attached hydrogens (tertiary/aromatic N) is 2. The van der Waals surface area contributed by atoms with E-state index in [0.29, 0.717) is 10.0 Å². The number of nitrogens with one attached hydrogen (secondary N) is 1. The molecule has 6 heteroatoms. The Kier molecular flexibility index (Phi) is 4.34. The molecule has 0 spiro atoms. The van der Waals surface area contributed by atoms with E-state index < -0.39 is 0 Å². The molecule has 4 rings (SSSR count). The minimum Gasteiger partial charge on any atom is -0.339 e. The minimum absolute atomic E-state index is 0.682. The van der Waals surface area contributed by atoms with E-state index in [1.54, 1.807) is 17.7 Å². The molecule has 2 aromatic heterocycles. The fraction of sp³-hybridized carbons (Fsp3) is 0.0526. The lowest BCUT2D eigenvalue weighted by molar-refractivity contribution is 1.23.